The lowest BCUT2D eigenvalue weighted by molar-refractivity contribution is -0.136. The van der Waals surface area contributed by atoms with Crippen LogP contribution < -0.4 is 15.4 Å². The van der Waals surface area contributed by atoms with Gasteiger partial charge < -0.3 is 20.1 Å². The summed E-state index contributed by atoms with van der Waals surface area (Å²) in [5.74, 6) is 0.296. The minimum absolute atomic E-state index is 0.00192. The fourth-order valence-electron chi connectivity index (χ4n) is 2.92. The number of hydrogen-bond donors (Lipinski definition) is 1. The third kappa shape index (κ3) is 3.22. The van der Waals surface area contributed by atoms with Crippen molar-refractivity contribution in [3.8, 4) is 5.75 Å². The van der Waals surface area contributed by atoms with Crippen LogP contribution in [-0.4, -0.2) is 55.7 Å². The molecule has 1 aromatic rings. The van der Waals surface area contributed by atoms with Gasteiger partial charge in [0.1, 0.15) is 12.3 Å². The molecule has 130 valence electrons. The molecule has 0 bridgehead atoms. The normalized spacial score (nSPS) is 22.0. The zero-order valence-electron chi connectivity index (χ0n) is 14.0. The number of amides is 2. The van der Waals surface area contributed by atoms with E-state index in [2.05, 4.69) is 0 Å². The Balaban J connectivity index is 1.87. The Morgan fingerprint density at radius 1 is 1.38 bits per heavy atom. The number of hydrogen-bond acceptors (Lipinski definition) is 5. The van der Waals surface area contributed by atoms with Gasteiger partial charge in [0.2, 0.25) is 5.91 Å². The standard InChI is InChI=1S/C17H23N3O4/c1-11(18)13-3-4-15-14(9-13)20(17(22)12(2)24-15)10-16(21)19-5-7-23-8-6-19/h3-4,9,11-12H,5-8,10,18H2,1-2H3/t11-,12+/m0/s1. The first kappa shape index (κ1) is 16.7. The van der Waals surface area contributed by atoms with Crippen LogP contribution in [0.1, 0.15) is 25.5 Å². The first-order chi connectivity index (χ1) is 11.5. The van der Waals surface area contributed by atoms with Crippen LogP contribution in [0.15, 0.2) is 18.2 Å². The van der Waals surface area contributed by atoms with Crippen molar-refractivity contribution >= 4 is 17.5 Å². The molecule has 2 amide bonds. The van der Waals surface area contributed by atoms with Crippen LogP contribution in [-0.2, 0) is 14.3 Å². The van der Waals surface area contributed by atoms with Crippen LogP contribution in [0.3, 0.4) is 0 Å². The summed E-state index contributed by atoms with van der Waals surface area (Å²) in [5.41, 5.74) is 7.44. The lowest BCUT2D eigenvalue weighted by Gasteiger charge is -2.35. The molecule has 2 N–H and O–H groups in total. The lowest BCUT2D eigenvalue weighted by atomic mass is 10.1. The second-order valence-electron chi connectivity index (χ2n) is 6.19. The molecule has 24 heavy (non-hydrogen) atoms. The minimum atomic E-state index is -0.615. The van der Waals surface area contributed by atoms with Crippen molar-refractivity contribution in [3.05, 3.63) is 23.8 Å². The van der Waals surface area contributed by atoms with Crippen LogP contribution in [0.4, 0.5) is 5.69 Å². The molecule has 2 atom stereocenters. The molecule has 0 aliphatic carbocycles. The van der Waals surface area contributed by atoms with Crippen molar-refractivity contribution in [3.63, 3.8) is 0 Å². The molecule has 2 aliphatic rings. The number of morpholine rings is 1. The molecular weight excluding hydrogens is 310 g/mol. The largest absolute Gasteiger partial charge is 0.479 e. The van der Waals surface area contributed by atoms with Crippen LogP contribution in [0.2, 0.25) is 0 Å². The van der Waals surface area contributed by atoms with E-state index < -0.39 is 6.10 Å². The third-order valence-corrected chi connectivity index (χ3v) is 4.37. The molecule has 3 rings (SSSR count). The van der Waals surface area contributed by atoms with Crippen LogP contribution >= 0.6 is 0 Å². The highest BCUT2D eigenvalue weighted by Gasteiger charge is 2.34. The first-order valence-corrected chi connectivity index (χ1v) is 8.20. The summed E-state index contributed by atoms with van der Waals surface area (Å²) in [6, 6.07) is 5.36. The summed E-state index contributed by atoms with van der Waals surface area (Å²) in [6.07, 6.45) is -0.615. The summed E-state index contributed by atoms with van der Waals surface area (Å²) in [5, 5.41) is 0. The van der Waals surface area contributed by atoms with E-state index in [9.17, 15) is 9.59 Å². The van der Waals surface area contributed by atoms with Gasteiger partial charge in [-0.05, 0) is 31.5 Å². The van der Waals surface area contributed by atoms with Gasteiger partial charge in [0.05, 0.1) is 18.9 Å². The summed E-state index contributed by atoms with van der Waals surface area (Å²) < 4.78 is 10.9. The lowest BCUT2D eigenvalue weighted by Crippen LogP contribution is -2.51. The number of anilines is 1. The van der Waals surface area contributed by atoms with E-state index in [-0.39, 0.29) is 24.4 Å². The zero-order valence-corrected chi connectivity index (χ0v) is 14.0. The fraction of sp³-hybridized carbons (Fsp3) is 0.529. The van der Waals surface area contributed by atoms with E-state index in [0.717, 1.165) is 5.56 Å². The first-order valence-electron chi connectivity index (χ1n) is 8.20. The highest BCUT2D eigenvalue weighted by Crippen LogP contribution is 2.35. The van der Waals surface area contributed by atoms with Gasteiger partial charge >= 0.3 is 0 Å². The van der Waals surface area contributed by atoms with Gasteiger partial charge in [0.15, 0.2) is 6.10 Å². The Morgan fingerprint density at radius 3 is 2.75 bits per heavy atom. The molecule has 1 aromatic carbocycles. The predicted octanol–water partition coefficient (Wildman–Crippen LogP) is 0.679. The molecule has 0 unspecified atom stereocenters. The van der Waals surface area contributed by atoms with E-state index in [4.69, 9.17) is 15.2 Å². The molecule has 7 heteroatoms. The van der Waals surface area contributed by atoms with Crippen molar-refractivity contribution < 1.29 is 19.1 Å². The Kier molecular flexibility index (Phi) is 4.73. The molecule has 0 aromatic heterocycles. The van der Waals surface area contributed by atoms with E-state index in [0.29, 0.717) is 37.7 Å². The van der Waals surface area contributed by atoms with Crippen molar-refractivity contribution in [2.45, 2.75) is 26.0 Å². The summed E-state index contributed by atoms with van der Waals surface area (Å²) >= 11 is 0. The number of carbonyl (C=O) groups is 2. The van der Waals surface area contributed by atoms with E-state index in [1.54, 1.807) is 11.8 Å². The zero-order chi connectivity index (χ0) is 17.3. The van der Waals surface area contributed by atoms with Gasteiger partial charge in [-0.2, -0.15) is 0 Å². The molecule has 1 fully saturated rings. The maximum atomic E-state index is 12.6. The number of fused-ring (bicyclic) bond motifs is 1. The van der Waals surface area contributed by atoms with Gasteiger partial charge in [0.25, 0.3) is 5.91 Å². The monoisotopic (exact) mass is 333 g/mol. The van der Waals surface area contributed by atoms with Gasteiger partial charge in [-0.25, -0.2) is 0 Å². The van der Waals surface area contributed by atoms with Crippen LogP contribution in [0.25, 0.3) is 0 Å². The van der Waals surface area contributed by atoms with Crippen molar-refractivity contribution in [1.82, 2.24) is 4.90 Å². The van der Waals surface area contributed by atoms with Gasteiger partial charge in [-0.3, -0.25) is 14.5 Å². The van der Waals surface area contributed by atoms with Gasteiger partial charge in [0, 0.05) is 19.1 Å². The molecule has 7 nitrogen and oxygen atoms in total. The fourth-order valence-corrected chi connectivity index (χ4v) is 2.92. The Bertz CT molecular complexity index is 641. The van der Waals surface area contributed by atoms with E-state index >= 15 is 0 Å². The molecule has 0 radical (unpaired) electrons. The van der Waals surface area contributed by atoms with Crippen LogP contribution in [0.5, 0.6) is 5.75 Å². The molecule has 2 heterocycles. The minimum Gasteiger partial charge on any atom is -0.479 e. The average Bonchev–Trinajstić information content (AvgIpc) is 2.59. The Labute approximate surface area is 141 Å². The average molecular weight is 333 g/mol. The third-order valence-electron chi connectivity index (χ3n) is 4.37. The summed E-state index contributed by atoms with van der Waals surface area (Å²) in [7, 11) is 0. The molecule has 0 saturated carbocycles. The molecule has 2 aliphatic heterocycles. The number of nitrogens with two attached hydrogens (primary N) is 1. The highest BCUT2D eigenvalue weighted by molar-refractivity contribution is 6.03. The predicted molar refractivity (Wildman–Crippen MR) is 88.9 cm³/mol. The number of ether oxygens (including phenoxy) is 2. The van der Waals surface area contributed by atoms with Crippen molar-refractivity contribution in [2.24, 2.45) is 5.73 Å². The Hall–Kier alpha value is -2.12. The van der Waals surface area contributed by atoms with Gasteiger partial charge in [-0.15, -0.1) is 0 Å². The number of rotatable bonds is 3. The maximum Gasteiger partial charge on any atom is 0.268 e. The maximum absolute atomic E-state index is 12.6. The molecule has 1 saturated heterocycles. The number of carbonyl (C=O) groups excluding carboxylic acids is 2. The number of benzene rings is 1. The van der Waals surface area contributed by atoms with E-state index in [1.807, 2.05) is 25.1 Å². The quantitative estimate of drug-likeness (QED) is 0.879. The summed E-state index contributed by atoms with van der Waals surface area (Å²) in [6.45, 7) is 5.74. The van der Waals surface area contributed by atoms with Gasteiger partial charge in [-0.1, -0.05) is 6.07 Å². The SMILES string of the molecule is C[C@H](N)c1ccc2c(c1)N(CC(=O)N1CCOCC1)C(=O)[C@@H](C)O2. The second kappa shape index (κ2) is 6.78. The number of nitrogens with zero attached hydrogens (tertiary/aromatic N) is 2. The summed E-state index contributed by atoms with van der Waals surface area (Å²) in [4.78, 5) is 28.4. The van der Waals surface area contributed by atoms with Crippen LogP contribution in [0, 0.1) is 0 Å². The topological polar surface area (TPSA) is 85.1 Å². The van der Waals surface area contributed by atoms with E-state index in [1.165, 1.54) is 4.90 Å². The molecular formula is C17H23N3O4. The van der Waals surface area contributed by atoms with Crippen molar-refractivity contribution in [2.75, 3.05) is 37.7 Å². The smallest absolute Gasteiger partial charge is 0.268 e. The molecule has 0 spiro atoms. The van der Waals surface area contributed by atoms with Crippen molar-refractivity contribution in [1.29, 1.82) is 0 Å². The second-order valence-corrected chi connectivity index (χ2v) is 6.19. The Morgan fingerprint density at radius 2 is 2.08 bits per heavy atom. The highest BCUT2D eigenvalue weighted by atomic mass is 16.5.